The molecule has 0 aromatic heterocycles. The van der Waals surface area contributed by atoms with E-state index in [-0.39, 0.29) is 0 Å². The van der Waals surface area contributed by atoms with Gasteiger partial charge in [-0.3, -0.25) is 0 Å². The minimum atomic E-state index is 0.300. The minimum Gasteiger partial charge on any atom is -0.481 e. The summed E-state index contributed by atoms with van der Waals surface area (Å²) in [5.41, 5.74) is 2.16. The summed E-state index contributed by atoms with van der Waals surface area (Å²) in [6, 6.07) is 5.96. The molecule has 0 saturated carbocycles. The SMILES string of the molecule is C#CCOc1ccc(CC)cc1[CH2]. The zero-order valence-electron chi connectivity index (χ0n) is 7.84. The van der Waals surface area contributed by atoms with Crippen molar-refractivity contribution in [3.05, 3.63) is 36.2 Å². The molecule has 0 heterocycles. The van der Waals surface area contributed by atoms with Crippen molar-refractivity contribution in [1.82, 2.24) is 0 Å². The highest BCUT2D eigenvalue weighted by Gasteiger charge is 1.98. The van der Waals surface area contributed by atoms with Crippen LogP contribution in [-0.4, -0.2) is 6.61 Å². The Labute approximate surface area is 79.7 Å². The first-order valence-corrected chi connectivity index (χ1v) is 4.29. The van der Waals surface area contributed by atoms with Crippen molar-refractivity contribution in [2.24, 2.45) is 0 Å². The maximum absolute atomic E-state index is 5.29. The number of ether oxygens (including phenoxy) is 1. The van der Waals surface area contributed by atoms with Gasteiger partial charge >= 0.3 is 0 Å². The molecule has 1 aromatic rings. The standard InChI is InChI=1S/C12H13O/c1-4-8-13-12-7-6-11(5-2)9-10(12)3/h1,6-7,9H,3,5,8H2,2H3. The summed E-state index contributed by atoms with van der Waals surface area (Å²) in [7, 11) is 0. The Morgan fingerprint density at radius 2 is 2.31 bits per heavy atom. The maximum atomic E-state index is 5.29. The fourth-order valence-corrected chi connectivity index (χ4v) is 1.11. The van der Waals surface area contributed by atoms with Crippen LogP contribution < -0.4 is 4.74 Å². The molecule has 0 N–H and O–H groups in total. The van der Waals surface area contributed by atoms with Gasteiger partial charge in [-0.15, -0.1) is 6.42 Å². The number of aryl methyl sites for hydroxylation is 1. The largest absolute Gasteiger partial charge is 0.481 e. The topological polar surface area (TPSA) is 9.23 Å². The fourth-order valence-electron chi connectivity index (χ4n) is 1.11. The first kappa shape index (κ1) is 9.67. The molecule has 67 valence electrons. The molecule has 1 heteroatoms. The second kappa shape index (κ2) is 4.57. The van der Waals surface area contributed by atoms with Crippen LogP contribution in [-0.2, 0) is 6.42 Å². The number of hydrogen-bond acceptors (Lipinski definition) is 1. The Hall–Kier alpha value is -1.42. The third-order valence-electron chi connectivity index (χ3n) is 1.84. The maximum Gasteiger partial charge on any atom is 0.148 e. The monoisotopic (exact) mass is 173 g/mol. The van der Waals surface area contributed by atoms with E-state index in [2.05, 4.69) is 19.8 Å². The second-order valence-electron chi connectivity index (χ2n) is 2.79. The number of rotatable bonds is 3. The highest BCUT2D eigenvalue weighted by atomic mass is 16.5. The van der Waals surface area contributed by atoms with Crippen LogP contribution in [0.3, 0.4) is 0 Å². The summed E-state index contributed by atoms with van der Waals surface area (Å²) < 4.78 is 5.29. The van der Waals surface area contributed by atoms with Gasteiger partial charge in [-0.2, -0.15) is 0 Å². The van der Waals surface area contributed by atoms with Crippen molar-refractivity contribution in [3.63, 3.8) is 0 Å². The lowest BCUT2D eigenvalue weighted by molar-refractivity contribution is 0.369. The number of benzene rings is 1. The van der Waals surface area contributed by atoms with Crippen LogP contribution in [0.2, 0.25) is 0 Å². The normalized spacial score (nSPS) is 9.31. The molecule has 0 aliphatic heterocycles. The van der Waals surface area contributed by atoms with Crippen LogP contribution in [0.25, 0.3) is 0 Å². The van der Waals surface area contributed by atoms with E-state index in [0.717, 1.165) is 17.7 Å². The van der Waals surface area contributed by atoms with Crippen LogP contribution in [0.15, 0.2) is 18.2 Å². The predicted octanol–water partition coefficient (Wildman–Crippen LogP) is 2.44. The molecule has 1 radical (unpaired) electrons. The van der Waals surface area contributed by atoms with Crippen LogP contribution in [0, 0.1) is 19.3 Å². The Morgan fingerprint density at radius 1 is 1.54 bits per heavy atom. The molecule has 0 bridgehead atoms. The molecular weight excluding hydrogens is 160 g/mol. The van der Waals surface area contributed by atoms with Gasteiger partial charge < -0.3 is 4.74 Å². The average molecular weight is 173 g/mol. The van der Waals surface area contributed by atoms with Gasteiger partial charge in [0.15, 0.2) is 0 Å². The van der Waals surface area contributed by atoms with E-state index in [1.165, 1.54) is 5.56 Å². The minimum absolute atomic E-state index is 0.300. The van der Waals surface area contributed by atoms with Crippen LogP contribution in [0.1, 0.15) is 18.1 Å². The third kappa shape index (κ3) is 2.52. The van der Waals surface area contributed by atoms with Crippen molar-refractivity contribution < 1.29 is 4.74 Å². The van der Waals surface area contributed by atoms with Gasteiger partial charge in [0.05, 0.1) is 0 Å². The van der Waals surface area contributed by atoms with Crippen LogP contribution >= 0.6 is 0 Å². The van der Waals surface area contributed by atoms with E-state index in [0.29, 0.717) is 6.61 Å². The van der Waals surface area contributed by atoms with E-state index in [1.807, 2.05) is 18.2 Å². The van der Waals surface area contributed by atoms with Gasteiger partial charge in [-0.25, -0.2) is 0 Å². The van der Waals surface area contributed by atoms with Gasteiger partial charge in [-0.05, 0) is 30.5 Å². The second-order valence-corrected chi connectivity index (χ2v) is 2.79. The van der Waals surface area contributed by atoms with Gasteiger partial charge in [0.2, 0.25) is 0 Å². The lowest BCUT2D eigenvalue weighted by atomic mass is 10.1. The molecular formula is C12H13O. The molecule has 0 unspecified atom stereocenters. The number of terminal acetylenes is 1. The smallest absolute Gasteiger partial charge is 0.148 e. The molecule has 1 aromatic carbocycles. The molecule has 1 rings (SSSR count). The lowest BCUT2D eigenvalue weighted by Crippen LogP contribution is -1.96. The molecule has 1 nitrogen and oxygen atoms in total. The zero-order valence-corrected chi connectivity index (χ0v) is 7.84. The van der Waals surface area contributed by atoms with Crippen LogP contribution in [0.4, 0.5) is 0 Å². The third-order valence-corrected chi connectivity index (χ3v) is 1.84. The van der Waals surface area contributed by atoms with Gasteiger partial charge in [0.1, 0.15) is 12.4 Å². The Morgan fingerprint density at radius 3 is 2.85 bits per heavy atom. The van der Waals surface area contributed by atoms with Crippen molar-refractivity contribution in [2.75, 3.05) is 6.61 Å². The van der Waals surface area contributed by atoms with E-state index in [9.17, 15) is 0 Å². The zero-order chi connectivity index (χ0) is 9.68. The highest BCUT2D eigenvalue weighted by Crippen LogP contribution is 2.18. The van der Waals surface area contributed by atoms with Gasteiger partial charge in [-0.1, -0.05) is 25.0 Å². The van der Waals surface area contributed by atoms with Gasteiger partial charge in [0, 0.05) is 0 Å². The molecule has 13 heavy (non-hydrogen) atoms. The Kier molecular flexibility index (Phi) is 3.40. The average Bonchev–Trinajstić information content (AvgIpc) is 2.16. The Bertz CT molecular complexity index is 320. The first-order chi connectivity index (χ1) is 6.27. The van der Waals surface area contributed by atoms with E-state index in [4.69, 9.17) is 11.2 Å². The van der Waals surface area contributed by atoms with Crippen molar-refractivity contribution >= 4 is 0 Å². The molecule has 0 aliphatic carbocycles. The van der Waals surface area contributed by atoms with Crippen molar-refractivity contribution in [3.8, 4) is 18.1 Å². The molecule has 0 aliphatic rings. The summed E-state index contributed by atoms with van der Waals surface area (Å²) in [5.74, 6) is 3.20. The summed E-state index contributed by atoms with van der Waals surface area (Å²) in [6.07, 6.45) is 6.10. The molecule has 0 spiro atoms. The van der Waals surface area contributed by atoms with E-state index >= 15 is 0 Å². The van der Waals surface area contributed by atoms with Crippen molar-refractivity contribution in [1.29, 1.82) is 0 Å². The van der Waals surface area contributed by atoms with Crippen LogP contribution in [0.5, 0.6) is 5.75 Å². The highest BCUT2D eigenvalue weighted by molar-refractivity contribution is 5.39. The summed E-state index contributed by atoms with van der Waals surface area (Å²) in [6.45, 7) is 6.30. The molecule has 0 fully saturated rings. The summed E-state index contributed by atoms with van der Waals surface area (Å²) >= 11 is 0. The predicted molar refractivity (Wildman–Crippen MR) is 54.6 cm³/mol. The van der Waals surface area contributed by atoms with Crippen molar-refractivity contribution in [2.45, 2.75) is 13.3 Å². The first-order valence-electron chi connectivity index (χ1n) is 4.29. The quantitative estimate of drug-likeness (QED) is 0.638. The summed E-state index contributed by atoms with van der Waals surface area (Å²) in [5, 5.41) is 0. The summed E-state index contributed by atoms with van der Waals surface area (Å²) in [4.78, 5) is 0. The number of hydrogen-bond donors (Lipinski definition) is 0. The van der Waals surface area contributed by atoms with E-state index < -0.39 is 0 Å². The fraction of sp³-hybridized carbons (Fsp3) is 0.250. The molecule has 0 atom stereocenters. The van der Waals surface area contributed by atoms with Gasteiger partial charge in [0.25, 0.3) is 0 Å². The molecule has 0 amide bonds. The molecule has 0 saturated heterocycles. The lowest BCUT2D eigenvalue weighted by Gasteiger charge is -2.07. The van der Waals surface area contributed by atoms with E-state index in [1.54, 1.807) is 0 Å². The Balaban J connectivity index is 2.80.